The second kappa shape index (κ2) is 8.84. The van der Waals surface area contributed by atoms with Crippen LogP contribution in [0, 0.1) is 0 Å². The van der Waals surface area contributed by atoms with E-state index in [4.69, 9.17) is 29.2 Å². The summed E-state index contributed by atoms with van der Waals surface area (Å²) in [6, 6.07) is 0. The summed E-state index contributed by atoms with van der Waals surface area (Å²) in [5, 5.41) is 8.13. The van der Waals surface area contributed by atoms with E-state index < -0.39 is 21.7 Å². The second-order valence-corrected chi connectivity index (χ2v) is 3.99. The first kappa shape index (κ1) is 18.9. The quantitative estimate of drug-likeness (QED) is 0.266. The summed E-state index contributed by atoms with van der Waals surface area (Å²) >= 11 is 0. The van der Waals surface area contributed by atoms with Crippen LogP contribution >= 0.6 is 15.9 Å². The van der Waals surface area contributed by atoms with Gasteiger partial charge >= 0.3 is 45.4 Å². The molecule has 0 aliphatic carbocycles. The van der Waals surface area contributed by atoms with Crippen molar-refractivity contribution in [3.63, 3.8) is 0 Å². The molecule has 0 aliphatic heterocycles. The Labute approximate surface area is 91.8 Å². The van der Waals surface area contributed by atoms with Crippen molar-refractivity contribution < 1.29 is 33.8 Å². The fourth-order valence-electron chi connectivity index (χ4n) is 0. The molecule has 5 N–H and O–H groups in total. The van der Waals surface area contributed by atoms with E-state index in [1.165, 1.54) is 0 Å². The molecule has 0 saturated heterocycles. The van der Waals surface area contributed by atoms with Crippen LogP contribution in [0.3, 0.4) is 0 Å². The molecule has 0 aliphatic rings. The van der Waals surface area contributed by atoms with Crippen LogP contribution in [-0.2, 0) is 9.13 Å². The summed E-state index contributed by atoms with van der Waals surface area (Å²) in [6.45, 7) is 1.04. The van der Waals surface area contributed by atoms with Gasteiger partial charge in [0, 0.05) is 0 Å². The van der Waals surface area contributed by atoms with Gasteiger partial charge in [-0.2, -0.15) is 0 Å². The van der Waals surface area contributed by atoms with Crippen molar-refractivity contribution >= 4 is 45.4 Å². The van der Waals surface area contributed by atoms with Crippen molar-refractivity contribution in [2.75, 3.05) is 0 Å². The Morgan fingerprint density at radius 2 is 1.42 bits per heavy atom. The molecule has 0 saturated carbocycles. The van der Waals surface area contributed by atoms with Crippen LogP contribution in [0.1, 0.15) is 6.92 Å². The van der Waals surface area contributed by atoms with Gasteiger partial charge in [0.2, 0.25) is 0 Å². The predicted molar refractivity (Wildman–Crippen MR) is 44.3 cm³/mol. The van der Waals surface area contributed by atoms with Crippen LogP contribution in [0.4, 0.5) is 0 Å². The van der Waals surface area contributed by atoms with Crippen molar-refractivity contribution in [1.82, 2.24) is 0 Å². The number of hydrogen-bond acceptors (Lipinski definition) is 3. The first-order valence-corrected chi connectivity index (χ1v) is 5.31. The summed E-state index contributed by atoms with van der Waals surface area (Å²) in [5.74, 6) is -1.53. The van der Waals surface area contributed by atoms with Gasteiger partial charge in [-0.15, -0.1) is 0 Å². The van der Waals surface area contributed by atoms with E-state index in [-0.39, 0.29) is 29.6 Å². The maximum absolute atomic E-state index is 9.78. The molecular formula is C2H11NaO7P2. The molecule has 0 spiro atoms. The third-order valence-electron chi connectivity index (χ3n) is 0.487. The fraction of sp³-hybridized carbons (Fsp3) is 1.00. The molecule has 0 heterocycles. The van der Waals surface area contributed by atoms with Crippen molar-refractivity contribution in [3.8, 4) is 0 Å². The molecule has 0 rings (SSSR count). The molecule has 0 amide bonds. The van der Waals surface area contributed by atoms with Gasteiger partial charge in [-0.05, 0) is 6.92 Å². The van der Waals surface area contributed by atoms with E-state index in [0.29, 0.717) is 0 Å². The third-order valence-corrected chi connectivity index (χ3v) is 1.46. The summed E-state index contributed by atoms with van der Waals surface area (Å²) < 4.78 is 18.5. The molecule has 0 fully saturated rings. The molecular weight excluding hydrogens is 221 g/mol. The van der Waals surface area contributed by atoms with E-state index in [1.54, 1.807) is 0 Å². The van der Waals surface area contributed by atoms with Crippen LogP contribution < -0.4 is 0 Å². The third kappa shape index (κ3) is 22.5. The number of hydrogen-bond donors (Lipinski definition) is 5. The number of aliphatic hydroxyl groups excluding tert-OH is 1. The number of aliphatic hydroxyl groups is 1. The molecule has 0 aromatic carbocycles. The van der Waals surface area contributed by atoms with Crippen molar-refractivity contribution in [1.29, 1.82) is 0 Å². The zero-order valence-corrected chi connectivity index (χ0v) is 7.47. The molecule has 1 atom stereocenters. The topological polar surface area (TPSA) is 135 Å². The van der Waals surface area contributed by atoms with E-state index in [2.05, 4.69) is 0 Å². The van der Waals surface area contributed by atoms with Crippen molar-refractivity contribution in [2.45, 2.75) is 12.8 Å². The molecule has 1 unspecified atom stereocenters. The van der Waals surface area contributed by atoms with Crippen LogP contribution in [0.2, 0.25) is 0 Å². The monoisotopic (exact) mass is 232 g/mol. The van der Waals surface area contributed by atoms with Crippen LogP contribution in [-0.4, -0.2) is 60.1 Å². The zero-order valence-electron chi connectivity index (χ0n) is 5.58. The maximum atomic E-state index is 9.78. The Hall–Kier alpha value is 1.26. The summed E-state index contributed by atoms with van der Waals surface area (Å²) in [7, 11) is -7.31. The van der Waals surface area contributed by atoms with Gasteiger partial charge in [0.15, 0.2) is 5.85 Å². The van der Waals surface area contributed by atoms with E-state index >= 15 is 0 Å². The Balaban J connectivity index is -0.000000142. The minimum atomic E-state index is -4.18. The van der Waals surface area contributed by atoms with Crippen LogP contribution in [0.5, 0.6) is 0 Å². The first-order valence-electron chi connectivity index (χ1n) is 2.33. The fourth-order valence-corrected chi connectivity index (χ4v) is 0. The van der Waals surface area contributed by atoms with Gasteiger partial charge in [-0.1, -0.05) is 0 Å². The Kier molecular flexibility index (Phi) is 13.9. The Morgan fingerprint density at radius 1 is 1.33 bits per heavy atom. The van der Waals surface area contributed by atoms with Gasteiger partial charge in [0.25, 0.3) is 0 Å². The summed E-state index contributed by atoms with van der Waals surface area (Å²) in [5.41, 5.74) is 0. The molecule has 0 aromatic rings. The second-order valence-electron chi connectivity index (χ2n) is 1.50. The van der Waals surface area contributed by atoms with Crippen LogP contribution in [0.15, 0.2) is 0 Å². The van der Waals surface area contributed by atoms with E-state index in [0.717, 1.165) is 6.92 Å². The van der Waals surface area contributed by atoms with Crippen molar-refractivity contribution in [2.24, 2.45) is 0 Å². The molecule has 12 heavy (non-hydrogen) atoms. The SMILES string of the molecule is CC(O)P(=O)(O)O.O=[PH](O)O.[NaH]. The van der Waals surface area contributed by atoms with Gasteiger partial charge in [-0.3, -0.25) is 9.13 Å². The average molecular weight is 232 g/mol. The molecule has 72 valence electrons. The normalized spacial score (nSPS) is 12.6. The zero-order chi connectivity index (χ0) is 9.65. The number of rotatable bonds is 1. The predicted octanol–water partition coefficient (Wildman–Crippen LogP) is -1.79. The van der Waals surface area contributed by atoms with Gasteiger partial charge in [0.1, 0.15) is 0 Å². The molecule has 10 heteroatoms. The van der Waals surface area contributed by atoms with Gasteiger partial charge in [0.05, 0.1) is 0 Å². The van der Waals surface area contributed by atoms with Gasteiger partial charge in [-0.25, -0.2) is 0 Å². The van der Waals surface area contributed by atoms with Crippen LogP contribution in [0.25, 0.3) is 0 Å². The molecule has 0 bridgehead atoms. The standard InChI is InChI=1S/C2H7O4P.Na.H3O3P.H/c1-2(3)7(4,5)6;;1-4(2)3;/h2-3H,1H3,(H2,4,5,6);;4H,(H2,1,2,3);. The van der Waals surface area contributed by atoms with E-state index in [1.807, 2.05) is 0 Å². The average Bonchev–Trinajstić information content (AvgIpc) is 1.59. The summed E-state index contributed by atoms with van der Waals surface area (Å²) in [6.07, 6.45) is 0. The van der Waals surface area contributed by atoms with E-state index in [9.17, 15) is 4.57 Å². The summed E-state index contributed by atoms with van der Waals surface area (Å²) in [4.78, 5) is 30.2. The molecule has 0 radical (unpaired) electrons. The minimum absolute atomic E-state index is 0. The van der Waals surface area contributed by atoms with Crippen molar-refractivity contribution in [3.05, 3.63) is 0 Å². The Morgan fingerprint density at radius 3 is 1.42 bits per heavy atom. The van der Waals surface area contributed by atoms with Gasteiger partial charge < -0.3 is 24.7 Å². The first-order chi connectivity index (χ1) is 4.68. The Bertz CT molecular complexity index is 159. The molecule has 0 aromatic heterocycles. The molecule has 7 nitrogen and oxygen atoms in total.